The average molecular weight is 414 g/mol. The van der Waals surface area contributed by atoms with Crippen LogP contribution in [0.25, 0.3) is 0 Å². The van der Waals surface area contributed by atoms with Gasteiger partial charge < -0.3 is 15.2 Å². The zero-order valence-corrected chi connectivity index (χ0v) is 18.0. The number of aryl methyl sites for hydroxylation is 1. The molecule has 3 N–H and O–H groups in total. The van der Waals surface area contributed by atoms with E-state index in [0.717, 1.165) is 30.7 Å². The molecular formula is C22H31N5O3. The van der Waals surface area contributed by atoms with E-state index in [1.807, 2.05) is 26.8 Å². The van der Waals surface area contributed by atoms with Gasteiger partial charge in [-0.1, -0.05) is 5.16 Å². The molecule has 0 aromatic carbocycles. The van der Waals surface area contributed by atoms with Crippen LogP contribution in [0.2, 0.25) is 0 Å². The first-order valence-electron chi connectivity index (χ1n) is 10.9. The number of nitrogens with zero attached hydrogens (tertiary/aromatic N) is 2. The van der Waals surface area contributed by atoms with Crippen LogP contribution in [0.15, 0.2) is 16.7 Å². The van der Waals surface area contributed by atoms with Crippen LogP contribution in [-0.2, 0) is 16.0 Å². The van der Waals surface area contributed by atoms with Gasteiger partial charge in [0, 0.05) is 36.2 Å². The molecular weight excluding hydrogens is 382 g/mol. The Hall–Kier alpha value is -2.64. The van der Waals surface area contributed by atoms with Crippen LogP contribution in [0.5, 0.6) is 0 Å². The third-order valence-electron chi connectivity index (χ3n) is 6.37. The van der Waals surface area contributed by atoms with Gasteiger partial charge in [-0.25, -0.2) is 0 Å². The molecule has 8 nitrogen and oxygen atoms in total. The largest absolute Gasteiger partial charge is 0.361 e. The maximum Gasteiger partial charge on any atom is 0.233 e. The molecule has 0 spiro atoms. The van der Waals surface area contributed by atoms with Crippen molar-refractivity contribution in [3.05, 3.63) is 29.3 Å². The quantitative estimate of drug-likeness (QED) is 0.613. The smallest absolute Gasteiger partial charge is 0.233 e. The molecule has 2 fully saturated rings. The number of rotatable bonds is 8. The lowest BCUT2D eigenvalue weighted by Gasteiger charge is -2.29. The Morgan fingerprint density at radius 3 is 2.73 bits per heavy atom. The Morgan fingerprint density at radius 2 is 2.07 bits per heavy atom. The molecule has 2 aromatic rings. The minimum absolute atomic E-state index is 0.0995. The normalized spacial score (nSPS) is 23.7. The molecule has 2 aliphatic carbocycles. The van der Waals surface area contributed by atoms with Gasteiger partial charge in [0.05, 0.1) is 12.1 Å². The van der Waals surface area contributed by atoms with E-state index in [1.165, 1.54) is 12.8 Å². The van der Waals surface area contributed by atoms with E-state index in [4.69, 9.17) is 4.52 Å². The molecule has 162 valence electrons. The molecule has 2 heterocycles. The van der Waals surface area contributed by atoms with Crippen molar-refractivity contribution in [3.8, 4) is 0 Å². The van der Waals surface area contributed by atoms with Crippen LogP contribution < -0.4 is 10.6 Å². The first kappa shape index (κ1) is 20.6. The fourth-order valence-electron chi connectivity index (χ4n) is 4.94. The van der Waals surface area contributed by atoms with Gasteiger partial charge in [-0.2, -0.15) is 5.10 Å². The molecule has 0 unspecified atom stereocenters. The van der Waals surface area contributed by atoms with Gasteiger partial charge in [0.15, 0.2) is 5.82 Å². The summed E-state index contributed by atoms with van der Waals surface area (Å²) in [5, 5.41) is 17.1. The number of hydrogen-bond acceptors (Lipinski definition) is 5. The molecule has 30 heavy (non-hydrogen) atoms. The Balaban J connectivity index is 1.36. The van der Waals surface area contributed by atoms with Crippen molar-refractivity contribution in [1.82, 2.24) is 20.7 Å². The van der Waals surface area contributed by atoms with E-state index in [2.05, 4.69) is 26.0 Å². The zero-order chi connectivity index (χ0) is 21.3. The maximum atomic E-state index is 12.5. The molecule has 2 saturated carbocycles. The number of carbonyl (C=O) groups excluding carboxylic acids is 2. The molecule has 0 aliphatic heterocycles. The summed E-state index contributed by atoms with van der Waals surface area (Å²) >= 11 is 0. The number of aromatic amines is 1. The van der Waals surface area contributed by atoms with Crippen molar-refractivity contribution in [2.75, 3.05) is 5.32 Å². The third kappa shape index (κ3) is 4.74. The van der Waals surface area contributed by atoms with Crippen LogP contribution in [-0.4, -0.2) is 33.2 Å². The average Bonchev–Trinajstić information content (AvgIpc) is 3.07. The lowest BCUT2D eigenvalue weighted by atomic mass is 9.76. The Morgan fingerprint density at radius 1 is 1.27 bits per heavy atom. The maximum absolute atomic E-state index is 12.5. The summed E-state index contributed by atoms with van der Waals surface area (Å²) < 4.78 is 5.09. The highest BCUT2D eigenvalue weighted by molar-refractivity contribution is 5.91. The van der Waals surface area contributed by atoms with Crippen molar-refractivity contribution in [2.24, 2.45) is 11.3 Å². The van der Waals surface area contributed by atoms with Crippen molar-refractivity contribution < 1.29 is 14.1 Å². The van der Waals surface area contributed by atoms with Gasteiger partial charge in [0.1, 0.15) is 5.76 Å². The highest BCUT2D eigenvalue weighted by Gasteiger charge is 2.51. The first-order chi connectivity index (χ1) is 14.3. The molecule has 0 saturated heterocycles. The summed E-state index contributed by atoms with van der Waals surface area (Å²) in [5.74, 6) is 2.03. The monoisotopic (exact) mass is 413 g/mol. The Bertz CT molecular complexity index is 914. The van der Waals surface area contributed by atoms with E-state index >= 15 is 0 Å². The predicted octanol–water partition coefficient (Wildman–Crippen LogP) is 3.47. The second-order valence-corrected chi connectivity index (χ2v) is 9.34. The summed E-state index contributed by atoms with van der Waals surface area (Å²) in [6, 6.07) is 3.84. The minimum atomic E-state index is -0.187. The number of carbonyl (C=O) groups is 2. The molecule has 8 heteroatoms. The Labute approximate surface area is 176 Å². The Kier molecular flexibility index (Phi) is 5.66. The summed E-state index contributed by atoms with van der Waals surface area (Å²) in [6.07, 6.45) is 6.30. The lowest BCUT2D eigenvalue weighted by Crippen LogP contribution is -2.35. The second-order valence-electron chi connectivity index (χ2n) is 9.34. The lowest BCUT2D eigenvalue weighted by molar-refractivity contribution is -0.124. The van der Waals surface area contributed by atoms with E-state index < -0.39 is 0 Å². The van der Waals surface area contributed by atoms with Gasteiger partial charge in [-0.3, -0.25) is 14.7 Å². The van der Waals surface area contributed by atoms with Crippen molar-refractivity contribution >= 4 is 17.6 Å². The summed E-state index contributed by atoms with van der Waals surface area (Å²) in [5.41, 5.74) is 1.89. The third-order valence-corrected chi connectivity index (χ3v) is 6.37. The van der Waals surface area contributed by atoms with Crippen molar-refractivity contribution in [3.63, 3.8) is 0 Å². The standard InChI is InChI=1S/C22H31N5O3/c1-13(2)23-21(29)12-22(16-4-5-16)7-6-15(11-22)18-10-19(26-25-18)24-20(28)9-17-8-14(3)27-30-17/h8,10,13,15-16H,4-7,9,11-12H2,1-3H3,(H,23,29)(H2,24,25,26,28)/t15-,22-/m0/s1. The van der Waals surface area contributed by atoms with Gasteiger partial charge >= 0.3 is 0 Å². The van der Waals surface area contributed by atoms with Crippen LogP contribution in [0, 0.1) is 18.3 Å². The van der Waals surface area contributed by atoms with Crippen LogP contribution >= 0.6 is 0 Å². The van der Waals surface area contributed by atoms with Crippen LogP contribution in [0.3, 0.4) is 0 Å². The van der Waals surface area contributed by atoms with Crippen LogP contribution in [0.4, 0.5) is 5.82 Å². The molecule has 2 atom stereocenters. The molecule has 0 bridgehead atoms. The summed E-state index contributed by atoms with van der Waals surface area (Å²) in [7, 11) is 0. The SMILES string of the molecule is Cc1cc(CC(=O)Nc2cc([C@H]3CC[C@](CC(=O)NC(C)C)(C4CC4)C3)[nH]n2)on1. The summed E-state index contributed by atoms with van der Waals surface area (Å²) in [6.45, 7) is 5.83. The number of H-pyrrole nitrogens is 1. The molecule has 2 aliphatic rings. The van der Waals surface area contributed by atoms with E-state index in [-0.39, 0.29) is 29.7 Å². The number of hydrogen-bond donors (Lipinski definition) is 3. The van der Waals surface area contributed by atoms with Gasteiger partial charge in [-0.05, 0) is 64.2 Å². The van der Waals surface area contributed by atoms with Crippen molar-refractivity contribution in [1.29, 1.82) is 0 Å². The molecule has 2 aromatic heterocycles. The topological polar surface area (TPSA) is 113 Å². The number of nitrogens with one attached hydrogen (secondary N) is 3. The molecule has 4 rings (SSSR count). The molecule has 2 amide bonds. The van der Waals surface area contributed by atoms with Gasteiger partial charge in [-0.15, -0.1) is 0 Å². The summed E-state index contributed by atoms with van der Waals surface area (Å²) in [4.78, 5) is 24.7. The second kappa shape index (κ2) is 8.24. The van der Waals surface area contributed by atoms with Gasteiger partial charge in [0.2, 0.25) is 11.8 Å². The minimum Gasteiger partial charge on any atom is -0.361 e. The molecule has 0 radical (unpaired) electrons. The zero-order valence-electron chi connectivity index (χ0n) is 18.0. The van der Waals surface area contributed by atoms with E-state index in [9.17, 15) is 9.59 Å². The highest BCUT2D eigenvalue weighted by atomic mass is 16.5. The van der Waals surface area contributed by atoms with Crippen LogP contribution in [0.1, 0.15) is 75.4 Å². The number of amides is 2. The fourth-order valence-corrected chi connectivity index (χ4v) is 4.94. The van der Waals surface area contributed by atoms with E-state index in [1.54, 1.807) is 6.07 Å². The highest BCUT2D eigenvalue weighted by Crippen LogP contribution is 2.60. The predicted molar refractivity (Wildman–Crippen MR) is 112 cm³/mol. The van der Waals surface area contributed by atoms with Gasteiger partial charge in [0.25, 0.3) is 0 Å². The first-order valence-corrected chi connectivity index (χ1v) is 10.9. The number of anilines is 1. The van der Waals surface area contributed by atoms with Crippen molar-refractivity contribution in [2.45, 2.75) is 77.7 Å². The van der Waals surface area contributed by atoms with E-state index in [0.29, 0.717) is 29.8 Å². The fraction of sp³-hybridized carbons (Fsp3) is 0.636. The number of aromatic nitrogens is 3.